The fraction of sp³-hybridized carbons (Fsp3) is 0.929. The minimum atomic E-state index is -0.504. The number of hydrogen-bond acceptors (Lipinski definition) is 4. The Kier molecular flexibility index (Phi) is 4.06. The number of aliphatic hydroxyl groups is 1. The van der Waals surface area contributed by atoms with Crippen molar-refractivity contribution in [2.75, 3.05) is 26.4 Å². The Bertz CT molecular complexity index is 331. The predicted octanol–water partition coefficient (Wildman–Crippen LogP) is 1.78. The SMILES string of the molecule is CC(C)(C)OC(=O)N1C[C@]2(CCCOC2)C[C@H]1CO. The summed E-state index contributed by atoms with van der Waals surface area (Å²) in [6.07, 6.45) is 2.57. The van der Waals surface area contributed by atoms with Crippen molar-refractivity contribution in [2.45, 2.75) is 51.7 Å². The highest BCUT2D eigenvalue weighted by Crippen LogP contribution is 2.41. The first kappa shape index (κ1) is 14.6. The van der Waals surface area contributed by atoms with Crippen LogP contribution in [0.3, 0.4) is 0 Å². The first-order chi connectivity index (χ1) is 8.85. The second-order valence-corrected chi connectivity index (χ2v) is 6.80. The molecule has 0 aromatic carbocycles. The summed E-state index contributed by atoms with van der Waals surface area (Å²) in [6.45, 7) is 7.67. The fourth-order valence-corrected chi connectivity index (χ4v) is 3.06. The molecular formula is C14H25NO4. The molecule has 1 N–H and O–H groups in total. The molecule has 0 radical (unpaired) electrons. The van der Waals surface area contributed by atoms with Crippen LogP contribution >= 0.6 is 0 Å². The zero-order valence-corrected chi connectivity index (χ0v) is 12.1. The molecule has 2 aliphatic rings. The van der Waals surface area contributed by atoms with E-state index in [9.17, 15) is 9.90 Å². The molecule has 0 aliphatic carbocycles. The third-order valence-electron chi connectivity index (χ3n) is 3.86. The number of aliphatic hydroxyl groups excluding tert-OH is 1. The van der Waals surface area contributed by atoms with E-state index in [1.54, 1.807) is 4.90 Å². The van der Waals surface area contributed by atoms with Gasteiger partial charge in [0.1, 0.15) is 5.60 Å². The second-order valence-electron chi connectivity index (χ2n) is 6.80. The van der Waals surface area contributed by atoms with Gasteiger partial charge in [0, 0.05) is 18.6 Å². The molecular weight excluding hydrogens is 246 g/mol. The van der Waals surface area contributed by atoms with Gasteiger partial charge < -0.3 is 19.5 Å². The van der Waals surface area contributed by atoms with Crippen molar-refractivity contribution in [1.82, 2.24) is 4.90 Å². The smallest absolute Gasteiger partial charge is 0.410 e. The molecule has 0 aromatic rings. The average Bonchev–Trinajstić information content (AvgIpc) is 2.67. The van der Waals surface area contributed by atoms with E-state index < -0.39 is 5.60 Å². The monoisotopic (exact) mass is 271 g/mol. The van der Waals surface area contributed by atoms with Crippen LogP contribution in [-0.2, 0) is 9.47 Å². The fourth-order valence-electron chi connectivity index (χ4n) is 3.06. The van der Waals surface area contributed by atoms with Crippen molar-refractivity contribution >= 4 is 6.09 Å². The van der Waals surface area contributed by atoms with Crippen LogP contribution in [0.4, 0.5) is 4.79 Å². The van der Waals surface area contributed by atoms with Crippen molar-refractivity contribution in [3.63, 3.8) is 0 Å². The van der Waals surface area contributed by atoms with Gasteiger partial charge in [-0.25, -0.2) is 4.79 Å². The van der Waals surface area contributed by atoms with Crippen molar-refractivity contribution in [2.24, 2.45) is 5.41 Å². The Hall–Kier alpha value is -0.810. The number of hydrogen-bond donors (Lipinski definition) is 1. The van der Waals surface area contributed by atoms with Gasteiger partial charge in [-0.1, -0.05) is 0 Å². The first-order valence-electron chi connectivity index (χ1n) is 7.03. The lowest BCUT2D eigenvalue weighted by molar-refractivity contribution is -0.00763. The van der Waals surface area contributed by atoms with E-state index >= 15 is 0 Å². The van der Waals surface area contributed by atoms with Gasteiger partial charge in [-0.15, -0.1) is 0 Å². The summed E-state index contributed by atoms with van der Waals surface area (Å²) in [4.78, 5) is 13.9. The van der Waals surface area contributed by atoms with Gasteiger partial charge in [0.05, 0.1) is 19.3 Å². The summed E-state index contributed by atoms with van der Waals surface area (Å²) < 4.78 is 11.0. The van der Waals surface area contributed by atoms with Gasteiger partial charge in [-0.2, -0.15) is 0 Å². The maximum Gasteiger partial charge on any atom is 0.410 e. The maximum absolute atomic E-state index is 12.2. The number of likely N-dealkylation sites (tertiary alicyclic amines) is 1. The van der Waals surface area contributed by atoms with Crippen molar-refractivity contribution < 1.29 is 19.4 Å². The summed E-state index contributed by atoms with van der Waals surface area (Å²) in [6, 6.07) is -0.142. The summed E-state index contributed by atoms with van der Waals surface area (Å²) >= 11 is 0. The Morgan fingerprint density at radius 2 is 2.26 bits per heavy atom. The van der Waals surface area contributed by atoms with Gasteiger partial charge in [0.25, 0.3) is 0 Å². The normalized spacial score (nSPS) is 31.8. The summed E-state index contributed by atoms with van der Waals surface area (Å²) in [7, 11) is 0. The summed E-state index contributed by atoms with van der Waals surface area (Å²) in [5.74, 6) is 0. The number of ether oxygens (including phenoxy) is 2. The molecule has 5 nitrogen and oxygen atoms in total. The number of nitrogens with zero attached hydrogens (tertiary/aromatic N) is 1. The number of carbonyl (C=O) groups excluding carboxylic acids is 1. The van der Waals surface area contributed by atoms with Gasteiger partial charge in [-0.05, 0) is 40.0 Å². The zero-order valence-electron chi connectivity index (χ0n) is 12.1. The number of rotatable bonds is 1. The third kappa shape index (κ3) is 3.39. The minimum absolute atomic E-state index is 0.0129. The van der Waals surface area contributed by atoms with Crippen LogP contribution in [-0.4, -0.2) is 54.1 Å². The summed E-state index contributed by atoms with van der Waals surface area (Å²) in [5, 5.41) is 9.51. The van der Waals surface area contributed by atoms with Gasteiger partial charge in [-0.3, -0.25) is 0 Å². The van der Waals surface area contributed by atoms with E-state index in [0.717, 1.165) is 25.9 Å². The molecule has 2 fully saturated rings. The highest BCUT2D eigenvalue weighted by molar-refractivity contribution is 5.69. The molecule has 5 heteroatoms. The number of carbonyl (C=O) groups is 1. The molecule has 2 atom stereocenters. The lowest BCUT2D eigenvalue weighted by Crippen LogP contribution is -2.42. The second kappa shape index (κ2) is 5.29. The topological polar surface area (TPSA) is 59.0 Å². The molecule has 2 heterocycles. The standard InChI is InChI=1S/C14H25NO4/c1-13(2,3)19-12(17)15-9-14(7-11(15)8-16)5-4-6-18-10-14/h11,16H,4-10H2,1-3H3/t11-,14-/m0/s1. The molecule has 0 saturated carbocycles. The largest absolute Gasteiger partial charge is 0.444 e. The number of amides is 1. The molecule has 0 unspecified atom stereocenters. The van der Waals surface area contributed by atoms with Crippen LogP contribution in [0.2, 0.25) is 0 Å². The molecule has 1 spiro atoms. The van der Waals surface area contributed by atoms with Gasteiger partial charge in [0.2, 0.25) is 0 Å². The van der Waals surface area contributed by atoms with Crippen LogP contribution in [0.25, 0.3) is 0 Å². The van der Waals surface area contributed by atoms with Crippen LogP contribution in [0.5, 0.6) is 0 Å². The van der Waals surface area contributed by atoms with E-state index in [-0.39, 0.29) is 24.2 Å². The predicted molar refractivity (Wildman–Crippen MR) is 70.9 cm³/mol. The van der Waals surface area contributed by atoms with Crippen LogP contribution in [0, 0.1) is 5.41 Å². The molecule has 0 bridgehead atoms. The molecule has 2 aliphatic heterocycles. The lowest BCUT2D eigenvalue weighted by atomic mass is 9.80. The molecule has 2 saturated heterocycles. The Labute approximate surface area is 114 Å². The third-order valence-corrected chi connectivity index (χ3v) is 3.86. The van der Waals surface area contributed by atoms with Crippen LogP contribution < -0.4 is 0 Å². The summed E-state index contributed by atoms with van der Waals surface area (Å²) in [5.41, 5.74) is -0.488. The van der Waals surface area contributed by atoms with E-state index in [0.29, 0.717) is 13.2 Å². The Morgan fingerprint density at radius 3 is 2.79 bits per heavy atom. The molecule has 1 amide bonds. The van der Waals surface area contributed by atoms with E-state index in [1.165, 1.54) is 0 Å². The molecule has 110 valence electrons. The Balaban J connectivity index is 2.05. The quantitative estimate of drug-likeness (QED) is 0.790. The van der Waals surface area contributed by atoms with Crippen LogP contribution in [0.15, 0.2) is 0 Å². The lowest BCUT2D eigenvalue weighted by Gasteiger charge is -2.33. The highest BCUT2D eigenvalue weighted by Gasteiger charge is 2.47. The first-order valence-corrected chi connectivity index (χ1v) is 7.03. The molecule has 2 rings (SSSR count). The van der Waals surface area contributed by atoms with E-state index in [4.69, 9.17) is 9.47 Å². The van der Waals surface area contributed by atoms with Crippen LogP contribution in [0.1, 0.15) is 40.0 Å². The minimum Gasteiger partial charge on any atom is -0.444 e. The van der Waals surface area contributed by atoms with Crippen molar-refractivity contribution in [1.29, 1.82) is 0 Å². The van der Waals surface area contributed by atoms with Crippen molar-refractivity contribution in [3.8, 4) is 0 Å². The average molecular weight is 271 g/mol. The zero-order chi connectivity index (χ0) is 14.1. The Morgan fingerprint density at radius 1 is 1.53 bits per heavy atom. The van der Waals surface area contributed by atoms with Crippen molar-refractivity contribution in [3.05, 3.63) is 0 Å². The molecule has 0 aromatic heterocycles. The maximum atomic E-state index is 12.2. The van der Waals surface area contributed by atoms with Gasteiger partial charge in [0.15, 0.2) is 0 Å². The highest BCUT2D eigenvalue weighted by atomic mass is 16.6. The van der Waals surface area contributed by atoms with Gasteiger partial charge >= 0.3 is 6.09 Å². The van der Waals surface area contributed by atoms with E-state index in [2.05, 4.69) is 0 Å². The van der Waals surface area contributed by atoms with E-state index in [1.807, 2.05) is 20.8 Å². The molecule has 19 heavy (non-hydrogen) atoms.